The molecule has 0 bridgehead atoms. The van der Waals surface area contributed by atoms with E-state index in [1.807, 2.05) is 25.4 Å². The Morgan fingerprint density at radius 1 is 1.56 bits per heavy atom. The van der Waals surface area contributed by atoms with Gasteiger partial charge in [0.1, 0.15) is 0 Å². The summed E-state index contributed by atoms with van der Waals surface area (Å²) in [5, 5.41) is 3.11. The fraction of sp³-hybridized carbons (Fsp3) is 0.462. The third kappa shape index (κ3) is 4.03. The summed E-state index contributed by atoms with van der Waals surface area (Å²) in [5.41, 5.74) is 2.31. The second-order valence-electron chi connectivity index (χ2n) is 3.89. The molecule has 0 spiro atoms. The summed E-state index contributed by atoms with van der Waals surface area (Å²) in [6.07, 6.45) is 6.04. The number of hydrogen-bond donors (Lipinski definition) is 1. The van der Waals surface area contributed by atoms with E-state index in [1.54, 1.807) is 0 Å². The zero-order valence-electron chi connectivity index (χ0n) is 10.2. The number of unbranched alkanes of at least 4 members (excludes halogenated alkanes) is 1. The van der Waals surface area contributed by atoms with Gasteiger partial charge in [-0.2, -0.15) is 0 Å². The third-order valence-electron chi connectivity index (χ3n) is 2.50. The predicted molar refractivity (Wildman–Crippen MR) is 69.7 cm³/mol. The molecule has 1 heterocycles. The van der Waals surface area contributed by atoms with Crippen molar-refractivity contribution in [2.45, 2.75) is 19.4 Å². The number of anilines is 1. The van der Waals surface area contributed by atoms with Crippen LogP contribution < -0.4 is 10.2 Å². The maximum absolute atomic E-state index is 4.30. The highest BCUT2D eigenvalue weighted by molar-refractivity contribution is 5.45. The Balaban J connectivity index is 2.56. The van der Waals surface area contributed by atoms with Crippen molar-refractivity contribution in [3.05, 3.63) is 36.7 Å². The molecule has 0 aliphatic carbocycles. The molecule has 16 heavy (non-hydrogen) atoms. The lowest BCUT2D eigenvalue weighted by Gasteiger charge is -2.19. The molecule has 0 unspecified atom stereocenters. The van der Waals surface area contributed by atoms with Crippen LogP contribution in [-0.2, 0) is 6.54 Å². The van der Waals surface area contributed by atoms with E-state index in [4.69, 9.17) is 0 Å². The minimum absolute atomic E-state index is 0.814. The maximum Gasteiger partial charge on any atom is 0.0562 e. The maximum atomic E-state index is 4.30. The number of pyridine rings is 1. The van der Waals surface area contributed by atoms with E-state index in [0.29, 0.717) is 0 Å². The Morgan fingerprint density at radius 3 is 3.06 bits per heavy atom. The summed E-state index contributed by atoms with van der Waals surface area (Å²) in [6.45, 7) is 5.60. The van der Waals surface area contributed by atoms with E-state index in [-0.39, 0.29) is 0 Å². The van der Waals surface area contributed by atoms with Crippen molar-refractivity contribution in [2.24, 2.45) is 0 Å². The smallest absolute Gasteiger partial charge is 0.0562 e. The monoisotopic (exact) mass is 219 g/mol. The normalized spacial score (nSPS) is 10.1. The van der Waals surface area contributed by atoms with Crippen molar-refractivity contribution in [1.82, 2.24) is 10.3 Å². The Morgan fingerprint density at radius 2 is 2.38 bits per heavy atom. The van der Waals surface area contributed by atoms with Gasteiger partial charge in [0.2, 0.25) is 0 Å². The first-order chi connectivity index (χ1) is 7.77. The third-order valence-corrected chi connectivity index (χ3v) is 2.50. The van der Waals surface area contributed by atoms with Crippen LogP contribution in [0.4, 0.5) is 5.69 Å². The molecule has 0 aromatic carbocycles. The first-order valence-electron chi connectivity index (χ1n) is 5.69. The minimum atomic E-state index is 0.814. The van der Waals surface area contributed by atoms with Crippen LogP contribution in [0.1, 0.15) is 18.5 Å². The number of rotatable bonds is 7. The Kier molecular flexibility index (Phi) is 5.57. The fourth-order valence-corrected chi connectivity index (χ4v) is 1.58. The van der Waals surface area contributed by atoms with Gasteiger partial charge in [-0.3, -0.25) is 4.98 Å². The first kappa shape index (κ1) is 12.7. The van der Waals surface area contributed by atoms with Crippen molar-refractivity contribution in [3.63, 3.8) is 0 Å². The van der Waals surface area contributed by atoms with Crippen LogP contribution in [0.3, 0.4) is 0 Å². The van der Waals surface area contributed by atoms with Gasteiger partial charge in [-0.05, 0) is 32.0 Å². The summed E-state index contributed by atoms with van der Waals surface area (Å²) in [5.74, 6) is 0. The Hall–Kier alpha value is -1.35. The van der Waals surface area contributed by atoms with Gasteiger partial charge in [-0.1, -0.05) is 6.08 Å². The first-order valence-corrected chi connectivity index (χ1v) is 5.69. The van der Waals surface area contributed by atoms with E-state index in [0.717, 1.165) is 31.6 Å². The molecule has 0 fully saturated rings. The van der Waals surface area contributed by atoms with Gasteiger partial charge < -0.3 is 10.2 Å². The molecule has 88 valence electrons. The summed E-state index contributed by atoms with van der Waals surface area (Å²) < 4.78 is 0. The number of aromatic nitrogens is 1. The summed E-state index contributed by atoms with van der Waals surface area (Å²) in [7, 11) is 4.05. The van der Waals surface area contributed by atoms with Crippen LogP contribution in [0.2, 0.25) is 0 Å². The lowest BCUT2D eigenvalue weighted by Crippen LogP contribution is -2.19. The number of nitrogens with one attached hydrogen (secondary N) is 1. The topological polar surface area (TPSA) is 28.2 Å². The van der Waals surface area contributed by atoms with Gasteiger partial charge in [0.15, 0.2) is 0 Å². The summed E-state index contributed by atoms with van der Waals surface area (Å²) in [4.78, 5) is 6.56. The largest absolute Gasteiger partial charge is 0.374 e. The fourth-order valence-electron chi connectivity index (χ4n) is 1.58. The Bertz CT molecular complexity index is 323. The van der Waals surface area contributed by atoms with E-state index in [9.17, 15) is 0 Å². The molecular formula is C13H21N3. The predicted octanol–water partition coefficient (Wildman–Crippen LogP) is 2.20. The van der Waals surface area contributed by atoms with Crippen molar-refractivity contribution >= 4 is 5.69 Å². The molecule has 0 aliphatic heterocycles. The van der Waals surface area contributed by atoms with Crippen LogP contribution in [0.15, 0.2) is 31.0 Å². The molecule has 0 saturated heterocycles. The zero-order chi connectivity index (χ0) is 11.8. The van der Waals surface area contributed by atoms with Gasteiger partial charge in [0, 0.05) is 32.0 Å². The zero-order valence-corrected chi connectivity index (χ0v) is 10.2. The van der Waals surface area contributed by atoms with E-state index >= 15 is 0 Å². The van der Waals surface area contributed by atoms with E-state index < -0.39 is 0 Å². The van der Waals surface area contributed by atoms with Gasteiger partial charge in [-0.15, -0.1) is 6.58 Å². The molecule has 0 atom stereocenters. The van der Waals surface area contributed by atoms with E-state index in [2.05, 4.69) is 34.9 Å². The number of allylic oxidation sites excluding steroid dienone is 1. The molecule has 1 aromatic heterocycles. The van der Waals surface area contributed by atoms with Crippen molar-refractivity contribution in [1.29, 1.82) is 0 Å². The second-order valence-corrected chi connectivity index (χ2v) is 3.89. The lowest BCUT2D eigenvalue weighted by molar-refractivity contribution is 0.780. The number of nitrogens with zero attached hydrogens (tertiary/aromatic N) is 2. The quantitative estimate of drug-likeness (QED) is 0.563. The van der Waals surface area contributed by atoms with Crippen LogP contribution in [0.5, 0.6) is 0 Å². The van der Waals surface area contributed by atoms with Crippen LogP contribution in [-0.4, -0.2) is 25.6 Å². The highest BCUT2D eigenvalue weighted by Gasteiger charge is 2.01. The van der Waals surface area contributed by atoms with Crippen LogP contribution in [0, 0.1) is 0 Å². The van der Waals surface area contributed by atoms with Crippen LogP contribution >= 0.6 is 0 Å². The van der Waals surface area contributed by atoms with E-state index in [1.165, 1.54) is 5.69 Å². The average Bonchev–Trinajstić information content (AvgIpc) is 2.30. The highest BCUT2D eigenvalue weighted by atomic mass is 15.1. The number of hydrogen-bond acceptors (Lipinski definition) is 3. The van der Waals surface area contributed by atoms with Crippen molar-refractivity contribution in [2.75, 3.05) is 25.5 Å². The van der Waals surface area contributed by atoms with Crippen LogP contribution in [0.25, 0.3) is 0 Å². The van der Waals surface area contributed by atoms with Crippen molar-refractivity contribution < 1.29 is 0 Å². The molecule has 1 aromatic rings. The second kappa shape index (κ2) is 7.01. The molecule has 1 rings (SSSR count). The minimum Gasteiger partial charge on any atom is -0.374 e. The standard InChI is InChI=1S/C13H21N3/c1-4-5-6-9-16(3)13-7-8-15-12(10-13)11-14-2/h4,7-8,10,14H,1,5-6,9,11H2,2-3H3. The van der Waals surface area contributed by atoms with Gasteiger partial charge in [0.05, 0.1) is 5.69 Å². The molecule has 3 nitrogen and oxygen atoms in total. The average molecular weight is 219 g/mol. The molecule has 1 N–H and O–H groups in total. The molecule has 0 radical (unpaired) electrons. The van der Waals surface area contributed by atoms with Gasteiger partial charge in [-0.25, -0.2) is 0 Å². The summed E-state index contributed by atoms with van der Waals surface area (Å²) >= 11 is 0. The molecule has 0 aliphatic rings. The lowest BCUT2D eigenvalue weighted by atomic mass is 10.2. The molecule has 0 saturated carbocycles. The Labute approximate surface area is 98.2 Å². The molecular weight excluding hydrogens is 198 g/mol. The van der Waals surface area contributed by atoms with Gasteiger partial charge in [0.25, 0.3) is 0 Å². The molecule has 0 amide bonds. The van der Waals surface area contributed by atoms with Gasteiger partial charge >= 0.3 is 0 Å². The summed E-state index contributed by atoms with van der Waals surface area (Å²) in [6, 6.07) is 4.18. The SMILES string of the molecule is C=CCCCN(C)c1ccnc(CNC)c1. The highest BCUT2D eigenvalue weighted by Crippen LogP contribution is 2.13. The van der Waals surface area contributed by atoms with Crippen molar-refractivity contribution in [3.8, 4) is 0 Å². The molecule has 3 heteroatoms.